The maximum absolute atomic E-state index is 5.63. The van der Waals surface area contributed by atoms with Gasteiger partial charge in [0, 0.05) is 32.3 Å². The molecule has 1 aliphatic rings. The van der Waals surface area contributed by atoms with Gasteiger partial charge in [-0.2, -0.15) is 15.0 Å². The molecule has 10 nitrogen and oxygen atoms in total. The summed E-state index contributed by atoms with van der Waals surface area (Å²) in [5.74, 6) is 1.57. The van der Waals surface area contributed by atoms with Crippen molar-refractivity contribution in [2.45, 2.75) is 38.8 Å². The number of nitrogens with one attached hydrogen (secondary N) is 3. The van der Waals surface area contributed by atoms with Gasteiger partial charge in [0.1, 0.15) is 0 Å². The Balaban J connectivity index is 1.79. The Bertz CT molecular complexity index is 527. The van der Waals surface area contributed by atoms with Gasteiger partial charge in [-0.05, 0) is 26.7 Å². The normalized spacial score (nSPS) is 16.7. The lowest BCUT2D eigenvalue weighted by Crippen LogP contribution is -2.22. The van der Waals surface area contributed by atoms with Crippen LogP contribution in [0.5, 0.6) is 0 Å². The number of anilines is 3. The molecule has 1 saturated heterocycles. The Morgan fingerprint density at radius 1 is 1.04 bits per heavy atom. The summed E-state index contributed by atoms with van der Waals surface area (Å²) in [6.07, 6.45) is 2.38. The van der Waals surface area contributed by atoms with E-state index in [-0.39, 0.29) is 12.1 Å². The fourth-order valence-corrected chi connectivity index (χ4v) is 2.51. The third kappa shape index (κ3) is 9.14. The first-order chi connectivity index (χ1) is 13.2. The number of aromatic nitrogens is 3. The lowest BCUT2D eigenvalue weighted by Gasteiger charge is -2.14. The van der Waals surface area contributed by atoms with E-state index in [9.17, 15) is 0 Å². The zero-order valence-corrected chi connectivity index (χ0v) is 16.4. The Labute approximate surface area is 161 Å². The molecule has 27 heavy (non-hydrogen) atoms. The van der Waals surface area contributed by atoms with E-state index in [2.05, 4.69) is 30.9 Å². The van der Waals surface area contributed by atoms with Crippen LogP contribution in [0.15, 0.2) is 0 Å². The molecule has 0 aromatic carbocycles. The van der Waals surface area contributed by atoms with Gasteiger partial charge in [0.25, 0.3) is 0 Å². The molecule has 1 atom stereocenters. The molecule has 1 aromatic heterocycles. The zero-order chi connectivity index (χ0) is 19.3. The maximum Gasteiger partial charge on any atom is 0.229 e. The predicted octanol–water partition coefficient (Wildman–Crippen LogP) is 0.687. The molecular formula is C17H33N7O3. The van der Waals surface area contributed by atoms with Gasteiger partial charge in [-0.1, -0.05) is 0 Å². The molecule has 2 rings (SSSR count). The standard InChI is InChI=1S/C17H33N7O3/c1-13(2)21-17-23-15(19-6-9-26-11-10-25-8-5-18)22-16(24-17)20-12-14-4-3-7-27-14/h13-14H,3-12,18H2,1-2H3,(H3,19,20,21,22,23,24). The van der Waals surface area contributed by atoms with Crippen LogP contribution in [0, 0.1) is 0 Å². The van der Waals surface area contributed by atoms with Crippen molar-refractivity contribution in [3.05, 3.63) is 0 Å². The minimum Gasteiger partial charge on any atom is -0.378 e. The van der Waals surface area contributed by atoms with Gasteiger partial charge in [-0.25, -0.2) is 0 Å². The van der Waals surface area contributed by atoms with E-state index < -0.39 is 0 Å². The van der Waals surface area contributed by atoms with Crippen LogP contribution in [0.25, 0.3) is 0 Å². The Morgan fingerprint density at radius 3 is 2.41 bits per heavy atom. The quantitative estimate of drug-likeness (QED) is 0.340. The fourth-order valence-electron chi connectivity index (χ4n) is 2.51. The van der Waals surface area contributed by atoms with E-state index in [1.165, 1.54) is 0 Å². The highest BCUT2D eigenvalue weighted by Crippen LogP contribution is 2.14. The minimum atomic E-state index is 0.217. The molecule has 0 aliphatic carbocycles. The van der Waals surface area contributed by atoms with E-state index in [0.717, 1.165) is 19.4 Å². The lowest BCUT2D eigenvalue weighted by atomic mass is 10.2. The topological polar surface area (TPSA) is 128 Å². The van der Waals surface area contributed by atoms with Gasteiger partial charge >= 0.3 is 0 Å². The smallest absolute Gasteiger partial charge is 0.229 e. The highest BCUT2D eigenvalue weighted by molar-refractivity contribution is 5.42. The van der Waals surface area contributed by atoms with Gasteiger partial charge in [0.05, 0.1) is 32.5 Å². The average molecular weight is 383 g/mol. The molecule has 0 bridgehead atoms. The maximum atomic E-state index is 5.63. The number of nitrogens with two attached hydrogens (primary N) is 1. The molecule has 5 N–H and O–H groups in total. The van der Waals surface area contributed by atoms with E-state index in [1.54, 1.807) is 0 Å². The second kappa shape index (κ2) is 12.6. The van der Waals surface area contributed by atoms with Gasteiger partial charge in [0.2, 0.25) is 17.8 Å². The van der Waals surface area contributed by atoms with Crippen molar-refractivity contribution in [1.82, 2.24) is 15.0 Å². The first-order valence-electron chi connectivity index (χ1n) is 9.65. The monoisotopic (exact) mass is 383 g/mol. The van der Waals surface area contributed by atoms with Crippen molar-refractivity contribution in [1.29, 1.82) is 0 Å². The first kappa shape index (κ1) is 21.5. The highest BCUT2D eigenvalue weighted by Gasteiger charge is 2.16. The number of hydrogen-bond acceptors (Lipinski definition) is 10. The van der Waals surface area contributed by atoms with Crippen molar-refractivity contribution >= 4 is 17.8 Å². The summed E-state index contributed by atoms with van der Waals surface area (Å²) in [6, 6.07) is 0.225. The van der Waals surface area contributed by atoms with Crippen LogP contribution in [-0.4, -0.2) is 79.8 Å². The number of rotatable bonds is 14. The van der Waals surface area contributed by atoms with Gasteiger partial charge in [0.15, 0.2) is 0 Å². The van der Waals surface area contributed by atoms with Crippen molar-refractivity contribution in [3.63, 3.8) is 0 Å². The molecule has 0 saturated carbocycles. The first-order valence-corrected chi connectivity index (χ1v) is 9.65. The SMILES string of the molecule is CC(C)Nc1nc(NCCOCCOCCN)nc(NCC2CCCO2)n1. The zero-order valence-electron chi connectivity index (χ0n) is 16.4. The second-order valence-corrected chi connectivity index (χ2v) is 6.56. The van der Waals surface area contributed by atoms with Gasteiger partial charge in [-0.15, -0.1) is 0 Å². The van der Waals surface area contributed by atoms with Crippen molar-refractivity contribution < 1.29 is 14.2 Å². The van der Waals surface area contributed by atoms with Gasteiger partial charge in [-0.3, -0.25) is 0 Å². The largest absolute Gasteiger partial charge is 0.378 e. The van der Waals surface area contributed by atoms with E-state index in [0.29, 0.717) is 63.9 Å². The van der Waals surface area contributed by atoms with Crippen molar-refractivity contribution in [3.8, 4) is 0 Å². The van der Waals surface area contributed by atoms with Crippen molar-refractivity contribution in [2.75, 3.05) is 68.6 Å². The molecule has 10 heteroatoms. The molecule has 0 radical (unpaired) electrons. The summed E-state index contributed by atoms with van der Waals surface area (Å²) >= 11 is 0. The van der Waals surface area contributed by atoms with Crippen LogP contribution in [0.1, 0.15) is 26.7 Å². The van der Waals surface area contributed by atoms with Crippen LogP contribution in [0.4, 0.5) is 17.8 Å². The average Bonchev–Trinajstić information content (AvgIpc) is 3.15. The van der Waals surface area contributed by atoms with Crippen LogP contribution in [0.3, 0.4) is 0 Å². The third-order valence-corrected chi connectivity index (χ3v) is 3.73. The molecule has 1 aromatic rings. The van der Waals surface area contributed by atoms with E-state index in [1.807, 2.05) is 13.8 Å². The number of nitrogens with zero attached hydrogens (tertiary/aromatic N) is 3. The fraction of sp³-hybridized carbons (Fsp3) is 0.824. The summed E-state index contributed by atoms with van der Waals surface area (Å²) in [4.78, 5) is 13.3. The lowest BCUT2D eigenvalue weighted by molar-refractivity contribution is 0.0547. The molecular weight excluding hydrogens is 350 g/mol. The molecule has 2 heterocycles. The van der Waals surface area contributed by atoms with E-state index >= 15 is 0 Å². The molecule has 0 amide bonds. The summed E-state index contributed by atoms with van der Waals surface area (Å²) < 4.78 is 16.4. The molecule has 0 spiro atoms. The highest BCUT2D eigenvalue weighted by atomic mass is 16.5. The predicted molar refractivity (Wildman–Crippen MR) is 105 cm³/mol. The van der Waals surface area contributed by atoms with Crippen LogP contribution in [-0.2, 0) is 14.2 Å². The van der Waals surface area contributed by atoms with Crippen LogP contribution < -0.4 is 21.7 Å². The molecule has 1 fully saturated rings. The number of hydrogen-bond donors (Lipinski definition) is 4. The Morgan fingerprint density at radius 2 is 1.74 bits per heavy atom. The molecule has 154 valence electrons. The summed E-state index contributed by atoms with van der Waals surface area (Å²) in [5, 5.41) is 9.63. The van der Waals surface area contributed by atoms with Crippen LogP contribution >= 0.6 is 0 Å². The summed E-state index contributed by atoms with van der Waals surface area (Å²) in [7, 11) is 0. The Hall–Kier alpha value is -1.75. The molecule has 1 aliphatic heterocycles. The summed E-state index contributed by atoms with van der Waals surface area (Å²) in [6.45, 7) is 8.88. The molecule has 1 unspecified atom stereocenters. The van der Waals surface area contributed by atoms with Crippen molar-refractivity contribution in [2.24, 2.45) is 5.73 Å². The van der Waals surface area contributed by atoms with Crippen LogP contribution in [0.2, 0.25) is 0 Å². The minimum absolute atomic E-state index is 0.217. The summed E-state index contributed by atoms with van der Waals surface area (Å²) in [5.41, 5.74) is 5.35. The number of ether oxygens (including phenoxy) is 3. The van der Waals surface area contributed by atoms with Gasteiger partial charge < -0.3 is 35.9 Å². The van der Waals surface area contributed by atoms with E-state index in [4.69, 9.17) is 19.9 Å². The second-order valence-electron chi connectivity index (χ2n) is 6.56. The third-order valence-electron chi connectivity index (χ3n) is 3.73. The Kier molecular flexibility index (Phi) is 10.1.